The van der Waals surface area contributed by atoms with Gasteiger partial charge in [-0.05, 0) is 12.2 Å². The molecular weight excluding hydrogens is 193 g/mol. The Morgan fingerprint density at radius 3 is 2.92 bits per heavy atom. The van der Waals surface area contributed by atoms with E-state index in [1.54, 1.807) is 24.4 Å². The molecule has 0 aromatic heterocycles. The van der Waals surface area contributed by atoms with Gasteiger partial charge in [0.25, 0.3) is 0 Å². The molecule has 0 amide bonds. The molecule has 0 saturated heterocycles. The molecule has 0 spiro atoms. The van der Waals surface area contributed by atoms with Gasteiger partial charge < -0.3 is 9.84 Å². The number of hydrogen-bond acceptors (Lipinski definition) is 4. The minimum absolute atomic E-state index is 0.165. The molecule has 5 nitrogen and oxygen atoms in total. The SMILES string of the molecule is COP(=O)(O)OC1=CC=CC=CN1. The van der Waals surface area contributed by atoms with E-state index in [0.29, 0.717) is 0 Å². The van der Waals surface area contributed by atoms with Gasteiger partial charge >= 0.3 is 7.82 Å². The highest BCUT2D eigenvalue weighted by molar-refractivity contribution is 7.47. The minimum Gasteiger partial charge on any atom is -0.388 e. The fraction of sp³-hybridized carbons (Fsp3) is 0.143. The minimum atomic E-state index is -3.96. The monoisotopic (exact) mass is 203 g/mol. The lowest BCUT2D eigenvalue weighted by Crippen LogP contribution is -2.07. The summed E-state index contributed by atoms with van der Waals surface area (Å²) in [4.78, 5) is 8.95. The summed E-state index contributed by atoms with van der Waals surface area (Å²) < 4.78 is 19.8. The number of hydrogen-bond donors (Lipinski definition) is 2. The van der Waals surface area contributed by atoms with Crippen molar-refractivity contribution in [1.82, 2.24) is 5.32 Å². The maximum absolute atomic E-state index is 10.9. The molecule has 1 rings (SSSR count). The van der Waals surface area contributed by atoms with Crippen LogP contribution in [-0.2, 0) is 13.6 Å². The van der Waals surface area contributed by atoms with Crippen molar-refractivity contribution in [2.24, 2.45) is 0 Å². The van der Waals surface area contributed by atoms with Gasteiger partial charge in [-0.1, -0.05) is 12.2 Å². The molecule has 0 aromatic rings. The molecule has 2 N–H and O–H groups in total. The van der Waals surface area contributed by atoms with Crippen LogP contribution in [0, 0.1) is 0 Å². The predicted molar refractivity (Wildman–Crippen MR) is 47.4 cm³/mol. The third-order valence-electron chi connectivity index (χ3n) is 1.24. The predicted octanol–water partition coefficient (Wildman–Crippen LogP) is 1.26. The Kier molecular flexibility index (Phi) is 3.31. The average Bonchev–Trinajstić information content (AvgIpc) is 2.32. The molecule has 1 atom stereocenters. The first-order chi connectivity index (χ1) is 6.14. The molecule has 6 heteroatoms. The Labute approximate surface area is 76.0 Å². The van der Waals surface area contributed by atoms with Crippen molar-refractivity contribution in [3.63, 3.8) is 0 Å². The molecule has 13 heavy (non-hydrogen) atoms. The topological polar surface area (TPSA) is 67.8 Å². The zero-order chi connectivity index (χ0) is 9.73. The molecule has 1 aliphatic rings. The van der Waals surface area contributed by atoms with E-state index in [9.17, 15) is 4.57 Å². The van der Waals surface area contributed by atoms with Gasteiger partial charge in [0, 0.05) is 13.3 Å². The molecule has 0 fully saturated rings. The van der Waals surface area contributed by atoms with E-state index in [-0.39, 0.29) is 5.88 Å². The summed E-state index contributed by atoms with van der Waals surface area (Å²) in [5, 5.41) is 2.66. The van der Waals surface area contributed by atoms with Gasteiger partial charge in [-0.3, -0.25) is 9.42 Å². The average molecular weight is 203 g/mol. The summed E-state index contributed by atoms with van der Waals surface area (Å²) in [5.41, 5.74) is 0. The van der Waals surface area contributed by atoms with Crippen LogP contribution in [0.15, 0.2) is 36.4 Å². The summed E-state index contributed by atoms with van der Waals surface area (Å²) >= 11 is 0. The summed E-state index contributed by atoms with van der Waals surface area (Å²) in [6, 6.07) is 0. The summed E-state index contributed by atoms with van der Waals surface area (Å²) in [5.74, 6) is 0.165. The second-order valence-electron chi connectivity index (χ2n) is 2.16. The van der Waals surface area contributed by atoms with E-state index in [1.807, 2.05) is 0 Å². The van der Waals surface area contributed by atoms with Gasteiger partial charge in [0.15, 0.2) is 0 Å². The van der Waals surface area contributed by atoms with Crippen molar-refractivity contribution in [3.8, 4) is 0 Å². The van der Waals surface area contributed by atoms with E-state index in [0.717, 1.165) is 7.11 Å². The van der Waals surface area contributed by atoms with Crippen molar-refractivity contribution in [1.29, 1.82) is 0 Å². The van der Waals surface area contributed by atoms with Crippen molar-refractivity contribution in [2.75, 3.05) is 7.11 Å². The fourth-order valence-corrected chi connectivity index (χ4v) is 1.10. The Morgan fingerprint density at radius 2 is 2.23 bits per heavy atom. The van der Waals surface area contributed by atoms with E-state index < -0.39 is 7.82 Å². The molecule has 1 aliphatic heterocycles. The van der Waals surface area contributed by atoms with Crippen LogP contribution in [-0.4, -0.2) is 12.0 Å². The lowest BCUT2D eigenvalue weighted by Gasteiger charge is -2.12. The molecule has 1 heterocycles. The molecular formula is C7H10NO4P. The Hall–Kier alpha value is -1.03. The maximum atomic E-state index is 10.9. The third kappa shape index (κ3) is 3.46. The van der Waals surface area contributed by atoms with Gasteiger partial charge in [0.2, 0.25) is 5.88 Å². The molecule has 0 aromatic carbocycles. The molecule has 0 bridgehead atoms. The van der Waals surface area contributed by atoms with Crippen LogP contribution in [0.25, 0.3) is 0 Å². The largest absolute Gasteiger partial charge is 0.528 e. The van der Waals surface area contributed by atoms with Gasteiger partial charge in [-0.25, -0.2) is 4.57 Å². The first-order valence-corrected chi connectivity index (χ1v) is 5.02. The summed E-state index contributed by atoms with van der Waals surface area (Å²) in [7, 11) is -2.86. The zero-order valence-electron chi connectivity index (χ0n) is 7.01. The Balaban J connectivity index is 2.64. The van der Waals surface area contributed by atoms with Gasteiger partial charge in [-0.15, -0.1) is 0 Å². The van der Waals surface area contributed by atoms with Gasteiger partial charge in [0.1, 0.15) is 0 Å². The summed E-state index contributed by atoms with van der Waals surface area (Å²) in [6.07, 6.45) is 8.23. The molecule has 0 saturated carbocycles. The molecule has 0 aliphatic carbocycles. The second kappa shape index (κ2) is 4.28. The highest BCUT2D eigenvalue weighted by Crippen LogP contribution is 2.43. The number of phosphoric acid groups is 1. The van der Waals surface area contributed by atoms with E-state index >= 15 is 0 Å². The van der Waals surface area contributed by atoms with Gasteiger partial charge in [-0.2, -0.15) is 0 Å². The van der Waals surface area contributed by atoms with Crippen LogP contribution in [0.2, 0.25) is 0 Å². The quantitative estimate of drug-likeness (QED) is 0.676. The lowest BCUT2D eigenvalue weighted by molar-refractivity contribution is 0.204. The van der Waals surface area contributed by atoms with Crippen molar-refractivity contribution >= 4 is 7.82 Å². The lowest BCUT2D eigenvalue weighted by atomic mass is 10.5. The van der Waals surface area contributed by atoms with Crippen LogP contribution in [0.5, 0.6) is 0 Å². The van der Waals surface area contributed by atoms with Crippen molar-refractivity contribution in [3.05, 3.63) is 36.4 Å². The van der Waals surface area contributed by atoms with Crippen LogP contribution < -0.4 is 5.32 Å². The standard InChI is InChI=1S/C7H10NO4P/c1-11-13(9,10)12-7-5-3-2-4-6-8-7/h2-6,8H,1H3,(H,9,10). The van der Waals surface area contributed by atoms with Crippen LogP contribution in [0.1, 0.15) is 0 Å². The molecule has 1 unspecified atom stereocenters. The first kappa shape index (κ1) is 10.1. The normalized spacial score (nSPS) is 19.7. The smallest absolute Gasteiger partial charge is 0.388 e. The Morgan fingerprint density at radius 1 is 1.46 bits per heavy atom. The second-order valence-corrected chi connectivity index (χ2v) is 3.65. The van der Waals surface area contributed by atoms with E-state index in [1.165, 1.54) is 6.08 Å². The number of rotatable bonds is 3. The first-order valence-electron chi connectivity index (χ1n) is 3.52. The highest BCUT2D eigenvalue weighted by Gasteiger charge is 2.21. The number of phosphoric ester groups is 1. The maximum Gasteiger partial charge on any atom is 0.528 e. The summed E-state index contributed by atoms with van der Waals surface area (Å²) in [6.45, 7) is 0. The molecule has 72 valence electrons. The van der Waals surface area contributed by atoms with Crippen LogP contribution >= 0.6 is 7.82 Å². The number of allylic oxidation sites excluding steroid dienone is 4. The molecule has 0 radical (unpaired) electrons. The Bertz CT molecular complexity index is 308. The van der Waals surface area contributed by atoms with Crippen molar-refractivity contribution in [2.45, 2.75) is 0 Å². The van der Waals surface area contributed by atoms with Crippen molar-refractivity contribution < 1.29 is 18.5 Å². The van der Waals surface area contributed by atoms with Crippen LogP contribution in [0.4, 0.5) is 0 Å². The van der Waals surface area contributed by atoms with Gasteiger partial charge in [0.05, 0.1) is 0 Å². The van der Waals surface area contributed by atoms with E-state index in [4.69, 9.17) is 4.89 Å². The highest BCUT2D eigenvalue weighted by atomic mass is 31.2. The third-order valence-corrected chi connectivity index (χ3v) is 2.12. The van der Waals surface area contributed by atoms with Crippen LogP contribution in [0.3, 0.4) is 0 Å². The zero-order valence-corrected chi connectivity index (χ0v) is 7.90. The fourth-order valence-electron chi connectivity index (χ4n) is 0.659. The van der Waals surface area contributed by atoms with E-state index in [2.05, 4.69) is 14.4 Å². The number of nitrogens with one attached hydrogen (secondary N) is 1.